The Morgan fingerprint density at radius 2 is 1.25 bits per heavy atom. The third-order valence-corrected chi connectivity index (χ3v) is 6.76. The van der Waals surface area contributed by atoms with Crippen molar-refractivity contribution < 1.29 is 0 Å². The highest BCUT2D eigenvalue weighted by atomic mass is 79.9. The van der Waals surface area contributed by atoms with Crippen LogP contribution in [0.1, 0.15) is 37.5 Å². The van der Waals surface area contributed by atoms with Crippen molar-refractivity contribution in [2.24, 2.45) is 0 Å². The number of rotatable bonds is 3. The molecule has 1 fully saturated rings. The van der Waals surface area contributed by atoms with Crippen LogP contribution in [0, 0.1) is 0 Å². The van der Waals surface area contributed by atoms with Crippen molar-refractivity contribution in [3.63, 3.8) is 0 Å². The summed E-state index contributed by atoms with van der Waals surface area (Å²) in [4.78, 5) is 2.48. The molecule has 0 aromatic heterocycles. The molecule has 0 saturated carbocycles. The van der Waals surface area contributed by atoms with Gasteiger partial charge in [-0.25, -0.2) is 0 Å². The molecule has 0 spiro atoms. The summed E-state index contributed by atoms with van der Waals surface area (Å²) in [7, 11) is 0. The van der Waals surface area contributed by atoms with Crippen LogP contribution in [-0.4, -0.2) is 13.1 Å². The Balaban J connectivity index is 1.67. The van der Waals surface area contributed by atoms with Gasteiger partial charge in [0, 0.05) is 27.7 Å². The fraction of sp³-hybridized carbons (Fsp3) is 0.280. The summed E-state index contributed by atoms with van der Waals surface area (Å²) < 4.78 is 2.26. The SMILES string of the molecule is CC(C)(C)c1ccc(N2CC(c3cccc(Br)c3)(c3cccc(Br)c3)C2)cc1. The van der Waals surface area contributed by atoms with E-state index in [-0.39, 0.29) is 10.8 Å². The van der Waals surface area contributed by atoms with Crippen LogP contribution in [0.25, 0.3) is 0 Å². The molecule has 4 rings (SSSR count). The zero-order chi connectivity index (χ0) is 19.9. The third-order valence-electron chi connectivity index (χ3n) is 5.77. The summed E-state index contributed by atoms with van der Waals surface area (Å²) in [5.41, 5.74) is 5.60. The van der Waals surface area contributed by atoms with Crippen molar-refractivity contribution in [2.75, 3.05) is 18.0 Å². The van der Waals surface area contributed by atoms with Gasteiger partial charge in [-0.15, -0.1) is 0 Å². The maximum Gasteiger partial charge on any atom is 0.0553 e. The van der Waals surface area contributed by atoms with Crippen LogP contribution in [0.5, 0.6) is 0 Å². The van der Waals surface area contributed by atoms with Gasteiger partial charge in [0.1, 0.15) is 0 Å². The molecular formula is C25H25Br2N. The highest BCUT2D eigenvalue weighted by Gasteiger charge is 2.46. The fourth-order valence-corrected chi connectivity index (χ4v) is 4.86. The Labute approximate surface area is 185 Å². The Hall–Kier alpha value is -1.58. The predicted octanol–water partition coefficient (Wildman–Crippen LogP) is 7.32. The Bertz CT molecular complexity index is 932. The van der Waals surface area contributed by atoms with Crippen LogP contribution >= 0.6 is 31.9 Å². The van der Waals surface area contributed by atoms with Crippen molar-refractivity contribution >= 4 is 37.5 Å². The molecule has 0 N–H and O–H groups in total. The lowest BCUT2D eigenvalue weighted by Crippen LogP contribution is -2.60. The molecular weight excluding hydrogens is 474 g/mol. The van der Waals surface area contributed by atoms with Gasteiger partial charge in [-0.1, -0.05) is 89.0 Å². The smallest absolute Gasteiger partial charge is 0.0553 e. The molecule has 0 bridgehead atoms. The van der Waals surface area contributed by atoms with Gasteiger partial charge in [-0.2, -0.15) is 0 Å². The molecule has 1 nitrogen and oxygen atoms in total. The zero-order valence-electron chi connectivity index (χ0n) is 16.5. The predicted molar refractivity (Wildman–Crippen MR) is 126 cm³/mol. The minimum atomic E-state index is 0.0102. The van der Waals surface area contributed by atoms with Gasteiger partial charge in [0.15, 0.2) is 0 Å². The number of hydrogen-bond acceptors (Lipinski definition) is 1. The molecule has 1 saturated heterocycles. The molecule has 0 aliphatic carbocycles. The van der Waals surface area contributed by atoms with Gasteiger partial charge in [0.25, 0.3) is 0 Å². The lowest BCUT2D eigenvalue weighted by molar-refractivity contribution is 0.395. The minimum absolute atomic E-state index is 0.0102. The van der Waals surface area contributed by atoms with Crippen LogP contribution in [-0.2, 0) is 10.8 Å². The second-order valence-electron chi connectivity index (χ2n) is 8.76. The van der Waals surface area contributed by atoms with E-state index in [1.807, 2.05) is 0 Å². The standard InChI is InChI=1S/C25H25Br2N/c1-24(2,3)18-10-12-23(13-11-18)28-16-25(17-28,19-6-4-8-21(26)14-19)20-7-5-9-22(27)15-20/h4-15H,16-17H2,1-3H3. The first-order valence-corrected chi connectivity index (χ1v) is 11.2. The van der Waals surface area contributed by atoms with Crippen LogP contribution in [0.2, 0.25) is 0 Å². The summed E-state index contributed by atoms with van der Waals surface area (Å²) in [5, 5.41) is 0. The topological polar surface area (TPSA) is 3.24 Å². The second kappa shape index (κ2) is 7.35. The summed E-state index contributed by atoms with van der Waals surface area (Å²) in [6, 6.07) is 26.6. The highest BCUT2D eigenvalue weighted by molar-refractivity contribution is 9.10. The van der Waals surface area contributed by atoms with E-state index in [0.717, 1.165) is 22.0 Å². The first-order chi connectivity index (χ1) is 13.3. The normalized spacial score (nSPS) is 16.0. The molecule has 0 amide bonds. The van der Waals surface area contributed by atoms with Gasteiger partial charge in [0.2, 0.25) is 0 Å². The summed E-state index contributed by atoms with van der Waals surface area (Å²) >= 11 is 7.32. The van der Waals surface area contributed by atoms with Crippen LogP contribution < -0.4 is 4.90 Å². The van der Waals surface area contributed by atoms with Gasteiger partial charge in [-0.3, -0.25) is 0 Å². The molecule has 144 valence electrons. The minimum Gasteiger partial charge on any atom is -0.369 e. The van der Waals surface area contributed by atoms with E-state index >= 15 is 0 Å². The van der Waals surface area contributed by atoms with E-state index in [9.17, 15) is 0 Å². The van der Waals surface area contributed by atoms with Crippen LogP contribution in [0.4, 0.5) is 5.69 Å². The van der Waals surface area contributed by atoms with E-state index < -0.39 is 0 Å². The summed E-state index contributed by atoms with van der Waals surface area (Å²) in [6.45, 7) is 8.75. The zero-order valence-corrected chi connectivity index (χ0v) is 19.7. The average Bonchev–Trinajstić information content (AvgIpc) is 2.61. The highest BCUT2D eigenvalue weighted by Crippen LogP contribution is 2.44. The van der Waals surface area contributed by atoms with Gasteiger partial charge in [-0.05, 0) is 58.5 Å². The fourth-order valence-electron chi connectivity index (χ4n) is 4.06. The molecule has 3 aromatic carbocycles. The third kappa shape index (κ3) is 3.67. The lowest BCUT2D eigenvalue weighted by atomic mass is 9.68. The summed E-state index contributed by atoms with van der Waals surface area (Å²) in [5.74, 6) is 0. The maximum absolute atomic E-state index is 3.66. The van der Waals surface area contributed by atoms with Gasteiger partial charge < -0.3 is 4.90 Å². The van der Waals surface area contributed by atoms with Crippen molar-refractivity contribution in [1.29, 1.82) is 0 Å². The van der Waals surface area contributed by atoms with E-state index in [1.54, 1.807) is 0 Å². The molecule has 1 heterocycles. The van der Waals surface area contributed by atoms with E-state index in [4.69, 9.17) is 0 Å². The molecule has 3 aromatic rings. The van der Waals surface area contributed by atoms with Crippen molar-refractivity contribution in [3.05, 3.63) is 98.4 Å². The Kier molecular flexibility index (Phi) is 5.18. The molecule has 1 aliphatic heterocycles. The first kappa shape index (κ1) is 19.7. The second-order valence-corrected chi connectivity index (χ2v) is 10.6. The number of halogens is 2. The van der Waals surface area contributed by atoms with Crippen molar-refractivity contribution in [1.82, 2.24) is 0 Å². The Morgan fingerprint density at radius 3 is 1.68 bits per heavy atom. The Morgan fingerprint density at radius 1 is 0.750 bits per heavy atom. The molecule has 0 radical (unpaired) electrons. The van der Waals surface area contributed by atoms with E-state index in [0.29, 0.717) is 0 Å². The summed E-state index contributed by atoms with van der Waals surface area (Å²) in [6.07, 6.45) is 0. The van der Waals surface area contributed by atoms with Crippen molar-refractivity contribution in [3.8, 4) is 0 Å². The number of anilines is 1. The van der Waals surface area contributed by atoms with Gasteiger partial charge in [0.05, 0.1) is 5.41 Å². The van der Waals surface area contributed by atoms with Crippen molar-refractivity contribution in [2.45, 2.75) is 31.6 Å². The largest absolute Gasteiger partial charge is 0.369 e. The number of nitrogens with zero attached hydrogens (tertiary/aromatic N) is 1. The first-order valence-electron chi connectivity index (χ1n) is 9.66. The van der Waals surface area contributed by atoms with Crippen LogP contribution in [0.15, 0.2) is 81.7 Å². The molecule has 0 atom stereocenters. The monoisotopic (exact) mass is 497 g/mol. The molecule has 0 unspecified atom stereocenters. The molecule has 28 heavy (non-hydrogen) atoms. The van der Waals surface area contributed by atoms with E-state index in [1.165, 1.54) is 22.4 Å². The average molecular weight is 499 g/mol. The lowest BCUT2D eigenvalue weighted by Gasteiger charge is -2.52. The van der Waals surface area contributed by atoms with Crippen LogP contribution in [0.3, 0.4) is 0 Å². The number of benzene rings is 3. The molecule has 3 heteroatoms. The molecule has 1 aliphatic rings. The van der Waals surface area contributed by atoms with Gasteiger partial charge >= 0.3 is 0 Å². The maximum atomic E-state index is 3.66. The van der Waals surface area contributed by atoms with E-state index in [2.05, 4.69) is 130 Å². The number of hydrogen-bond donors (Lipinski definition) is 0. The quantitative estimate of drug-likeness (QED) is 0.365.